The summed E-state index contributed by atoms with van der Waals surface area (Å²) in [5.74, 6) is 0. The van der Waals surface area contributed by atoms with Crippen LogP contribution < -0.4 is 5.01 Å². The van der Waals surface area contributed by atoms with Gasteiger partial charge in [-0.25, -0.2) is 10.1 Å². The minimum absolute atomic E-state index is 0.429. The fourth-order valence-corrected chi connectivity index (χ4v) is 1.58. The van der Waals surface area contributed by atoms with E-state index in [-0.39, 0.29) is 0 Å². The van der Waals surface area contributed by atoms with Crippen molar-refractivity contribution in [3.63, 3.8) is 0 Å². The van der Waals surface area contributed by atoms with Crippen LogP contribution in [0.1, 0.15) is 0 Å². The number of benzene rings is 2. The van der Waals surface area contributed by atoms with Gasteiger partial charge in [0, 0.05) is 5.39 Å². The molecule has 2 aromatic rings. The second-order valence-corrected chi connectivity index (χ2v) is 3.26. The molecule has 2 aromatic carbocycles. The molecule has 0 saturated carbocycles. The molecule has 0 N–H and O–H groups in total. The van der Waals surface area contributed by atoms with Crippen molar-refractivity contribution in [3.8, 4) is 0 Å². The summed E-state index contributed by atoms with van der Waals surface area (Å²) in [6.45, 7) is 0. The highest BCUT2D eigenvalue weighted by atomic mass is 16.7. The number of hydrogen-bond acceptors (Lipinski definition) is 2. The van der Waals surface area contributed by atoms with E-state index in [1.807, 2.05) is 36.4 Å². The fraction of sp³-hybridized carbons (Fsp3) is 0.0909. The summed E-state index contributed by atoms with van der Waals surface area (Å²) in [5.41, 5.74) is 0.609. The zero-order valence-electron chi connectivity index (χ0n) is 8.25. The Morgan fingerprint density at radius 2 is 1.80 bits per heavy atom. The van der Waals surface area contributed by atoms with Crippen LogP contribution in [0.4, 0.5) is 5.69 Å². The number of fused-ring (bicyclic) bond motifs is 1. The Morgan fingerprint density at radius 3 is 2.53 bits per heavy atom. The van der Waals surface area contributed by atoms with E-state index in [1.54, 1.807) is 6.07 Å². The summed E-state index contributed by atoms with van der Waals surface area (Å²) in [6.07, 6.45) is 0. The molecule has 0 aliphatic heterocycles. The van der Waals surface area contributed by atoms with E-state index in [0.717, 1.165) is 15.8 Å². The highest BCUT2D eigenvalue weighted by molar-refractivity contribution is 5.93. The first-order valence-electron chi connectivity index (χ1n) is 4.56. The first-order valence-corrected chi connectivity index (χ1v) is 4.56. The van der Waals surface area contributed by atoms with Crippen molar-refractivity contribution in [1.82, 2.24) is 0 Å². The first kappa shape index (κ1) is 9.45. The Morgan fingerprint density at radius 1 is 1.13 bits per heavy atom. The van der Waals surface area contributed by atoms with E-state index in [4.69, 9.17) is 0 Å². The summed E-state index contributed by atoms with van der Waals surface area (Å²) in [7, 11) is 1.45. The molecule has 15 heavy (non-hydrogen) atoms. The highest BCUT2D eigenvalue weighted by Gasteiger charge is 2.12. The number of hydrazine groups is 1. The zero-order valence-corrected chi connectivity index (χ0v) is 8.25. The highest BCUT2D eigenvalue weighted by Crippen LogP contribution is 2.25. The predicted molar refractivity (Wildman–Crippen MR) is 59.3 cm³/mol. The first-order chi connectivity index (χ1) is 7.20. The SMILES string of the molecule is CN(c1cccc2ccccc12)[N+](=O)[O-]. The van der Waals surface area contributed by atoms with Crippen LogP contribution in [-0.4, -0.2) is 12.1 Å². The van der Waals surface area contributed by atoms with Crippen LogP contribution in [-0.2, 0) is 0 Å². The molecule has 0 radical (unpaired) electrons. The second-order valence-electron chi connectivity index (χ2n) is 3.26. The van der Waals surface area contributed by atoms with Gasteiger partial charge in [-0.15, -0.1) is 0 Å². The molecule has 0 amide bonds. The third-order valence-corrected chi connectivity index (χ3v) is 2.36. The molecule has 4 nitrogen and oxygen atoms in total. The van der Waals surface area contributed by atoms with Gasteiger partial charge >= 0.3 is 0 Å². The Balaban J connectivity index is 2.65. The Labute approximate surface area is 86.9 Å². The predicted octanol–water partition coefficient (Wildman–Crippen LogP) is 2.47. The van der Waals surface area contributed by atoms with Crippen LogP contribution >= 0.6 is 0 Å². The van der Waals surface area contributed by atoms with Crippen molar-refractivity contribution < 1.29 is 5.03 Å². The smallest absolute Gasteiger partial charge is 0.164 e. The van der Waals surface area contributed by atoms with Gasteiger partial charge in [-0.1, -0.05) is 41.4 Å². The Bertz CT molecular complexity index is 505. The molecule has 0 atom stereocenters. The van der Waals surface area contributed by atoms with Crippen LogP contribution in [0.15, 0.2) is 42.5 Å². The lowest BCUT2D eigenvalue weighted by Gasteiger charge is -2.10. The number of nitrogens with zero attached hydrogens (tertiary/aromatic N) is 2. The van der Waals surface area contributed by atoms with Crippen LogP contribution in [0.25, 0.3) is 10.8 Å². The fourth-order valence-electron chi connectivity index (χ4n) is 1.58. The van der Waals surface area contributed by atoms with Crippen LogP contribution in [0.5, 0.6) is 0 Å². The van der Waals surface area contributed by atoms with Gasteiger partial charge in [-0.05, 0) is 11.5 Å². The molecule has 4 heteroatoms. The molecular formula is C11H10N2O2. The van der Waals surface area contributed by atoms with Crippen molar-refractivity contribution in [2.24, 2.45) is 0 Å². The number of rotatable bonds is 2. The summed E-state index contributed by atoms with van der Waals surface area (Å²) >= 11 is 0. The second kappa shape index (κ2) is 3.57. The zero-order chi connectivity index (χ0) is 10.8. The Kier molecular flexibility index (Phi) is 2.25. The quantitative estimate of drug-likeness (QED) is 0.555. The summed E-state index contributed by atoms with van der Waals surface area (Å²) in [4.78, 5) is 10.7. The van der Waals surface area contributed by atoms with E-state index in [2.05, 4.69) is 0 Å². The van der Waals surface area contributed by atoms with Gasteiger partial charge in [0.2, 0.25) is 0 Å². The Hall–Kier alpha value is -2.10. The molecular weight excluding hydrogens is 192 g/mol. The van der Waals surface area contributed by atoms with Crippen molar-refractivity contribution in [2.75, 3.05) is 12.1 Å². The lowest BCUT2D eigenvalue weighted by Crippen LogP contribution is -2.24. The lowest BCUT2D eigenvalue weighted by atomic mass is 10.1. The number of hydrogen-bond donors (Lipinski definition) is 0. The van der Waals surface area contributed by atoms with Crippen LogP contribution in [0.2, 0.25) is 0 Å². The molecule has 0 aliphatic carbocycles. The van der Waals surface area contributed by atoms with Crippen molar-refractivity contribution >= 4 is 16.5 Å². The van der Waals surface area contributed by atoms with Gasteiger partial charge in [0.05, 0.1) is 7.05 Å². The molecule has 76 valence electrons. The van der Waals surface area contributed by atoms with Gasteiger partial charge in [0.15, 0.2) is 5.03 Å². The van der Waals surface area contributed by atoms with Gasteiger partial charge < -0.3 is 0 Å². The molecule has 0 bridgehead atoms. The van der Waals surface area contributed by atoms with E-state index in [1.165, 1.54) is 7.05 Å². The molecule has 2 rings (SSSR count). The van der Waals surface area contributed by atoms with Crippen molar-refractivity contribution in [3.05, 3.63) is 52.6 Å². The average Bonchev–Trinajstić information content (AvgIpc) is 2.27. The average molecular weight is 202 g/mol. The summed E-state index contributed by atoms with van der Waals surface area (Å²) in [6, 6.07) is 13.1. The van der Waals surface area contributed by atoms with Gasteiger partial charge in [0.1, 0.15) is 5.69 Å². The van der Waals surface area contributed by atoms with E-state index >= 15 is 0 Å². The van der Waals surface area contributed by atoms with E-state index in [0.29, 0.717) is 5.69 Å². The maximum absolute atomic E-state index is 10.7. The van der Waals surface area contributed by atoms with Gasteiger partial charge in [-0.2, -0.15) is 0 Å². The molecule has 0 aromatic heterocycles. The molecule has 0 fully saturated rings. The third-order valence-electron chi connectivity index (χ3n) is 2.36. The minimum Gasteiger partial charge on any atom is -0.234 e. The maximum Gasteiger partial charge on any atom is 0.164 e. The standard InChI is InChI=1S/C11H10N2O2/c1-12(13(14)15)11-8-4-6-9-5-2-3-7-10(9)11/h2-8H,1H3. The largest absolute Gasteiger partial charge is 0.234 e. The third kappa shape index (κ3) is 1.61. The summed E-state index contributed by atoms with van der Waals surface area (Å²) < 4.78 is 0. The van der Waals surface area contributed by atoms with Gasteiger partial charge in [-0.3, -0.25) is 0 Å². The lowest BCUT2D eigenvalue weighted by molar-refractivity contribution is -0.490. The van der Waals surface area contributed by atoms with Crippen molar-refractivity contribution in [2.45, 2.75) is 0 Å². The van der Waals surface area contributed by atoms with Crippen molar-refractivity contribution in [1.29, 1.82) is 0 Å². The molecule has 0 spiro atoms. The molecule has 0 aliphatic rings. The molecule has 0 heterocycles. The van der Waals surface area contributed by atoms with Gasteiger partial charge in [0.25, 0.3) is 0 Å². The van der Waals surface area contributed by atoms with Crippen LogP contribution in [0, 0.1) is 10.1 Å². The van der Waals surface area contributed by atoms with Crippen LogP contribution in [0.3, 0.4) is 0 Å². The topological polar surface area (TPSA) is 46.4 Å². The van der Waals surface area contributed by atoms with E-state index < -0.39 is 5.03 Å². The minimum atomic E-state index is -0.429. The molecule has 0 saturated heterocycles. The number of nitro groups is 1. The number of anilines is 1. The normalized spacial score (nSPS) is 10.2. The van der Waals surface area contributed by atoms with E-state index in [9.17, 15) is 10.1 Å². The maximum atomic E-state index is 10.7. The monoisotopic (exact) mass is 202 g/mol. The summed E-state index contributed by atoms with van der Waals surface area (Å²) in [5, 5.41) is 13.2. The molecule has 0 unspecified atom stereocenters.